The summed E-state index contributed by atoms with van der Waals surface area (Å²) in [5, 5.41) is 1.28. The number of hydrogen-bond donors (Lipinski definition) is 0. The second kappa shape index (κ2) is 6.46. The molecule has 0 saturated carbocycles. The maximum absolute atomic E-state index is 13.0. The molecule has 4 rings (SSSR count). The number of fused-ring (bicyclic) bond motifs is 1. The summed E-state index contributed by atoms with van der Waals surface area (Å²) in [6, 6.07) is 10.9. The Hall–Kier alpha value is -2.44. The lowest BCUT2D eigenvalue weighted by Crippen LogP contribution is -2.42. The van der Waals surface area contributed by atoms with Crippen LogP contribution < -0.4 is 9.64 Å². The quantitative estimate of drug-likeness (QED) is 0.674. The molecule has 1 atom stereocenters. The minimum atomic E-state index is -0.113. The number of aromatic nitrogens is 2. The van der Waals surface area contributed by atoms with Crippen molar-refractivity contribution in [2.24, 2.45) is 0 Å². The van der Waals surface area contributed by atoms with Crippen molar-refractivity contribution in [3.63, 3.8) is 0 Å². The van der Waals surface area contributed by atoms with Gasteiger partial charge in [0, 0.05) is 11.2 Å². The highest BCUT2D eigenvalue weighted by Crippen LogP contribution is 2.37. The number of amides is 1. The first kappa shape index (κ1) is 16.1. The van der Waals surface area contributed by atoms with Gasteiger partial charge in [-0.1, -0.05) is 17.7 Å². The van der Waals surface area contributed by atoms with Crippen LogP contribution >= 0.6 is 22.9 Å². The van der Waals surface area contributed by atoms with Gasteiger partial charge in [-0.2, -0.15) is 0 Å². The number of thiazole rings is 1. The van der Waals surface area contributed by atoms with E-state index >= 15 is 0 Å². The monoisotopic (exact) mass is 371 g/mol. The molecule has 1 aliphatic heterocycles. The fraction of sp³-hybridized carbons (Fsp3) is 0.167. The number of benzene rings is 1. The number of carbonyl (C=O) groups is 1. The van der Waals surface area contributed by atoms with E-state index in [2.05, 4.69) is 9.97 Å². The molecule has 0 radical (unpaired) electrons. The number of halogens is 1. The van der Waals surface area contributed by atoms with Gasteiger partial charge in [0.1, 0.15) is 21.7 Å². The van der Waals surface area contributed by atoms with Crippen molar-refractivity contribution in [3.8, 4) is 16.5 Å². The molecule has 2 aromatic heterocycles. The van der Waals surface area contributed by atoms with Gasteiger partial charge in [-0.3, -0.25) is 9.78 Å². The Morgan fingerprint density at radius 2 is 2.20 bits per heavy atom. The van der Waals surface area contributed by atoms with Crippen molar-refractivity contribution < 1.29 is 9.53 Å². The van der Waals surface area contributed by atoms with E-state index in [-0.39, 0.29) is 12.0 Å². The molecule has 5 nitrogen and oxygen atoms in total. The van der Waals surface area contributed by atoms with Crippen LogP contribution in [-0.4, -0.2) is 28.5 Å². The van der Waals surface area contributed by atoms with Crippen LogP contribution in [0.1, 0.15) is 16.6 Å². The molecule has 126 valence electrons. The summed E-state index contributed by atoms with van der Waals surface area (Å²) < 4.78 is 5.80. The molecule has 0 spiro atoms. The molecule has 1 amide bonds. The Morgan fingerprint density at radius 3 is 3.00 bits per heavy atom. The van der Waals surface area contributed by atoms with E-state index in [0.717, 1.165) is 10.7 Å². The third-order valence-electron chi connectivity index (χ3n) is 3.83. The van der Waals surface area contributed by atoms with E-state index < -0.39 is 0 Å². The van der Waals surface area contributed by atoms with E-state index in [0.29, 0.717) is 27.9 Å². The summed E-state index contributed by atoms with van der Waals surface area (Å²) in [7, 11) is 0. The summed E-state index contributed by atoms with van der Waals surface area (Å²) in [6.45, 7) is 2.40. The number of carbonyl (C=O) groups excluding carboxylic acids is 1. The van der Waals surface area contributed by atoms with Crippen LogP contribution in [0.15, 0.2) is 48.8 Å². The zero-order valence-corrected chi connectivity index (χ0v) is 14.9. The summed E-state index contributed by atoms with van der Waals surface area (Å²) in [6.07, 6.45) is 3.21. The standard InChI is InChI=1S/C18H14ClN3O2S/c1-11-10-22(14-8-12(19)5-6-15(14)24-11)18(23)16-9-21-17(25-16)13-4-2-3-7-20-13/h2-9,11H,10H2,1H3/t11-/m0/s1. The van der Waals surface area contributed by atoms with E-state index in [4.69, 9.17) is 16.3 Å². The first-order valence-electron chi connectivity index (χ1n) is 7.77. The van der Waals surface area contributed by atoms with Gasteiger partial charge in [-0.25, -0.2) is 4.98 Å². The maximum Gasteiger partial charge on any atom is 0.270 e. The number of ether oxygens (including phenoxy) is 1. The van der Waals surface area contributed by atoms with E-state index in [9.17, 15) is 4.79 Å². The van der Waals surface area contributed by atoms with E-state index in [1.807, 2.05) is 25.1 Å². The third kappa shape index (κ3) is 3.10. The molecule has 1 aliphatic rings. The maximum atomic E-state index is 13.0. The lowest BCUT2D eigenvalue weighted by molar-refractivity contribution is 0.0965. The molecule has 0 unspecified atom stereocenters. The van der Waals surface area contributed by atoms with Crippen LogP contribution in [-0.2, 0) is 0 Å². The second-order valence-corrected chi connectivity index (χ2v) is 7.17. The van der Waals surface area contributed by atoms with Crippen LogP contribution in [0.3, 0.4) is 0 Å². The fourth-order valence-corrected chi connectivity index (χ4v) is 3.72. The number of hydrogen-bond acceptors (Lipinski definition) is 5. The molecular formula is C18H14ClN3O2S. The van der Waals surface area contributed by atoms with Crippen LogP contribution in [0.4, 0.5) is 5.69 Å². The topological polar surface area (TPSA) is 55.3 Å². The van der Waals surface area contributed by atoms with Crippen molar-refractivity contribution in [3.05, 3.63) is 58.7 Å². The van der Waals surface area contributed by atoms with Crippen molar-refractivity contribution in [2.75, 3.05) is 11.4 Å². The van der Waals surface area contributed by atoms with Crippen LogP contribution in [0.25, 0.3) is 10.7 Å². The summed E-state index contributed by atoms with van der Waals surface area (Å²) in [4.78, 5) is 23.9. The predicted molar refractivity (Wildman–Crippen MR) is 98.6 cm³/mol. The van der Waals surface area contributed by atoms with Gasteiger partial charge in [0.15, 0.2) is 0 Å². The largest absolute Gasteiger partial charge is 0.487 e. The molecule has 3 aromatic rings. The first-order valence-corrected chi connectivity index (χ1v) is 8.96. The van der Waals surface area contributed by atoms with Crippen molar-refractivity contribution in [1.82, 2.24) is 9.97 Å². The van der Waals surface area contributed by atoms with Crippen molar-refractivity contribution in [1.29, 1.82) is 0 Å². The third-order valence-corrected chi connectivity index (χ3v) is 5.07. The SMILES string of the molecule is C[C@H]1CN(C(=O)c2cnc(-c3ccccn3)s2)c2cc(Cl)ccc2O1. The zero-order chi connectivity index (χ0) is 17.4. The Labute approximate surface area is 153 Å². The highest BCUT2D eigenvalue weighted by atomic mass is 35.5. The predicted octanol–water partition coefficient (Wildman–Crippen LogP) is 4.29. The first-order chi connectivity index (χ1) is 12.1. The summed E-state index contributed by atoms with van der Waals surface area (Å²) >= 11 is 7.43. The van der Waals surface area contributed by atoms with Crippen molar-refractivity contribution in [2.45, 2.75) is 13.0 Å². The average Bonchev–Trinajstić information content (AvgIpc) is 3.12. The summed E-state index contributed by atoms with van der Waals surface area (Å²) in [5.41, 5.74) is 1.44. The zero-order valence-electron chi connectivity index (χ0n) is 13.3. The van der Waals surface area contributed by atoms with Gasteiger partial charge < -0.3 is 9.64 Å². The minimum Gasteiger partial charge on any atom is -0.487 e. The van der Waals surface area contributed by atoms with Gasteiger partial charge in [0.25, 0.3) is 5.91 Å². The molecule has 0 fully saturated rings. The molecule has 25 heavy (non-hydrogen) atoms. The highest BCUT2D eigenvalue weighted by molar-refractivity contribution is 7.17. The molecule has 7 heteroatoms. The van der Waals surface area contributed by atoms with Gasteiger partial charge >= 0.3 is 0 Å². The van der Waals surface area contributed by atoms with Gasteiger partial charge in [0.05, 0.1) is 24.1 Å². The highest BCUT2D eigenvalue weighted by Gasteiger charge is 2.29. The minimum absolute atomic E-state index is 0.0965. The lowest BCUT2D eigenvalue weighted by atomic mass is 10.2. The molecule has 0 aliphatic carbocycles. The fourth-order valence-electron chi connectivity index (χ4n) is 2.72. The Balaban J connectivity index is 1.68. The number of rotatable bonds is 2. The van der Waals surface area contributed by atoms with Gasteiger partial charge in [0.2, 0.25) is 0 Å². The van der Waals surface area contributed by atoms with E-state index in [1.54, 1.807) is 35.5 Å². The lowest BCUT2D eigenvalue weighted by Gasteiger charge is -2.33. The summed E-state index contributed by atoms with van der Waals surface area (Å²) in [5.74, 6) is 0.546. The molecule has 0 bridgehead atoms. The van der Waals surface area contributed by atoms with Gasteiger partial charge in [-0.15, -0.1) is 11.3 Å². The molecule has 1 aromatic carbocycles. The Morgan fingerprint density at radius 1 is 1.32 bits per heavy atom. The molecular weight excluding hydrogens is 358 g/mol. The molecule has 0 N–H and O–H groups in total. The molecule has 0 saturated heterocycles. The van der Waals surface area contributed by atoms with E-state index in [1.165, 1.54) is 11.3 Å². The Bertz CT molecular complexity index is 929. The number of anilines is 1. The van der Waals surface area contributed by atoms with Crippen LogP contribution in [0.5, 0.6) is 5.75 Å². The number of nitrogens with zero attached hydrogens (tertiary/aromatic N) is 3. The van der Waals surface area contributed by atoms with Crippen LogP contribution in [0, 0.1) is 0 Å². The van der Waals surface area contributed by atoms with Crippen LogP contribution in [0.2, 0.25) is 5.02 Å². The number of pyridine rings is 1. The second-order valence-electron chi connectivity index (χ2n) is 5.70. The smallest absolute Gasteiger partial charge is 0.270 e. The Kier molecular flexibility index (Phi) is 4.15. The molecule has 3 heterocycles. The van der Waals surface area contributed by atoms with Gasteiger partial charge in [-0.05, 0) is 37.3 Å². The van der Waals surface area contributed by atoms with Crippen molar-refractivity contribution >= 4 is 34.5 Å². The average molecular weight is 372 g/mol. The normalized spacial score (nSPS) is 16.2.